The van der Waals surface area contributed by atoms with Crippen molar-refractivity contribution >= 4 is 11.6 Å². The molecule has 1 aromatic rings. The number of carbonyl (C=O) groups excluding carboxylic acids is 1. The van der Waals surface area contributed by atoms with Crippen LogP contribution in [-0.2, 0) is 0 Å². The summed E-state index contributed by atoms with van der Waals surface area (Å²) in [6, 6.07) is 8.20. The van der Waals surface area contributed by atoms with Crippen molar-refractivity contribution in [1.82, 2.24) is 10.2 Å². The maximum absolute atomic E-state index is 12.7. The molecule has 25 heavy (non-hydrogen) atoms. The van der Waals surface area contributed by atoms with Crippen molar-refractivity contribution < 1.29 is 4.79 Å². The molecule has 1 amide bonds. The Kier molecular flexibility index (Phi) is 8.26. The molecule has 140 valence electrons. The van der Waals surface area contributed by atoms with Crippen LogP contribution in [0.2, 0.25) is 0 Å². The zero-order chi connectivity index (χ0) is 18.1. The van der Waals surface area contributed by atoms with Gasteiger partial charge in [-0.05, 0) is 69.5 Å². The molecule has 0 aliphatic carbocycles. The van der Waals surface area contributed by atoms with Crippen LogP contribution in [0.15, 0.2) is 24.3 Å². The number of nitrogens with zero attached hydrogens (tertiary/aromatic N) is 2. The standard InChI is InChI=1S/C21H35N3O/c1-4-7-14-23(6-3)20-10-8-19(9-11-20)21(25)24-15-12-18(13-16-24)17-22-5-2/h8-11,18,22H,4-7,12-17H2,1-3H3. The van der Waals surface area contributed by atoms with Crippen LogP contribution < -0.4 is 10.2 Å². The Morgan fingerprint density at radius 3 is 2.40 bits per heavy atom. The number of anilines is 1. The number of rotatable bonds is 9. The second-order valence-electron chi connectivity index (χ2n) is 7.02. The second-order valence-corrected chi connectivity index (χ2v) is 7.02. The molecule has 0 aromatic heterocycles. The van der Waals surface area contributed by atoms with Crippen LogP contribution in [0.25, 0.3) is 0 Å². The van der Waals surface area contributed by atoms with E-state index in [4.69, 9.17) is 0 Å². The fourth-order valence-electron chi connectivity index (χ4n) is 3.50. The third-order valence-corrected chi connectivity index (χ3v) is 5.23. The molecule has 0 bridgehead atoms. The SMILES string of the molecule is CCCCN(CC)c1ccc(C(=O)N2CCC(CNCC)CC2)cc1. The number of piperidine rings is 1. The molecule has 2 rings (SSSR count). The minimum atomic E-state index is 0.185. The smallest absolute Gasteiger partial charge is 0.253 e. The summed E-state index contributed by atoms with van der Waals surface area (Å²) >= 11 is 0. The Morgan fingerprint density at radius 1 is 1.16 bits per heavy atom. The summed E-state index contributed by atoms with van der Waals surface area (Å²) in [5.41, 5.74) is 2.04. The molecule has 4 nitrogen and oxygen atoms in total. The third-order valence-electron chi connectivity index (χ3n) is 5.23. The summed E-state index contributed by atoms with van der Waals surface area (Å²) < 4.78 is 0. The van der Waals surface area contributed by atoms with Crippen molar-refractivity contribution in [2.75, 3.05) is 44.2 Å². The molecule has 1 aromatic carbocycles. The maximum Gasteiger partial charge on any atom is 0.253 e. The lowest BCUT2D eigenvalue weighted by Gasteiger charge is -2.32. The first-order valence-corrected chi connectivity index (χ1v) is 10.0. The topological polar surface area (TPSA) is 35.6 Å². The van der Waals surface area contributed by atoms with Crippen LogP contribution in [-0.4, -0.2) is 50.1 Å². The van der Waals surface area contributed by atoms with Crippen molar-refractivity contribution in [1.29, 1.82) is 0 Å². The summed E-state index contributed by atoms with van der Waals surface area (Å²) in [6.45, 7) is 12.5. The normalized spacial score (nSPS) is 15.4. The van der Waals surface area contributed by atoms with E-state index in [2.05, 4.69) is 43.1 Å². The molecule has 0 saturated carbocycles. The van der Waals surface area contributed by atoms with Crippen LogP contribution in [0.1, 0.15) is 56.8 Å². The predicted molar refractivity (Wildman–Crippen MR) is 106 cm³/mol. The van der Waals surface area contributed by atoms with Gasteiger partial charge in [-0.1, -0.05) is 20.3 Å². The Hall–Kier alpha value is -1.55. The summed E-state index contributed by atoms with van der Waals surface area (Å²) in [5, 5.41) is 3.42. The molecule has 1 N–H and O–H groups in total. The molecule has 0 unspecified atom stereocenters. The van der Waals surface area contributed by atoms with Crippen LogP contribution in [0.5, 0.6) is 0 Å². The third kappa shape index (κ3) is 5.74. The Balaban J connectivity index is 1.90. The highest BCUT2D eigenvalue weighted by atomic mass is 16.2. The van der Waals surface area contributed by atoms with Gasteiger partial charge in [-0.25, -0.2) is 0 Å². The van der Waals surface area contributed by atoms with E-state index in [1.165, 1.54) is 18.5 Å². The van der Waals surface area contributed by atoms with Crippen molar-refractivity contribution in [3.63, 3.8) is 0 Å². The number of amides is 1. The van der Waals surface area contributed by atoms with Gasteiger partial charge >= 0.3 is 0 Å². The number of nitrogens with one attached hydrogen (secondary N) is 1. The Morgan fingerprint density at radius 2 is 1.84 bits per heavy atom. The second kappa shape index (κ2) is 10.4. The number of likely N-dealkylation sites (tertiary alicyclic amines) is 1. The first kappa shape index (κ1) is 19.8. The van der Waals surface area contributed by atoms with E-state index < -0.39 is 0 Å². The Bertz CT molecular complexity index is 506. The van der Waals surface area contributed by atoms with Crippen molar-refractivity contribution in [3.8, 4) is 0 Å². The van der Waals surface area contributed by atoms with Gasteiger partial charge in [-0.15, -0.1) is 0 Å². The zero-order valence-corrected chi connectivity index (χ0v) is 16.3. The van der Waals surface area contributed by atoms with Crippen LogP contribution in [0, 0.1) is 5.92 Å². The number of unbranched alkanes of at least 4 members (excludes halogenated alkanes) is 1. The van der Waals surface area contributed by atoms with E-state index in [0.717, 1.165) is 57.7 Å². The van der Waals surface area contributed by atoms with Crippen molar-refractivity contribution in [3.05, 3.63) is 29.8 Å². The van der Waals surface area contributed by atoms with Gasteiger partial charge in [-0.3, -0.25) is 4.79 Å². The van der Waals surface area contributed by atoms with E-state index in [-0.39, 0.29) is 5.91 Å². The summed E-state index contributed by atoms with van der Waals surface area (Å²) in [5.74, 6) is 0.896. The quantitative estimate of drug-likeness (QED) is 0.740. The van der Waals surface area contributed by atoms with Gasteiger partial charge in [0.2, 0.25) is 0 Å². The Labute approximate surface area is 153 Å². The number of carbonyl (C=O) groups is 1. The zero-order valence-electron chi connectivity index (χ0n) is 16.3. The summed E-state index contributed by atoms with van der Waals surface area (Å²) in [6.07, 6.45) is 4.63. The van der Waals surface area contributed by atoms with E-state index in [1.54, 1.807) is 0 Å². The first-order chi connectivity index (χ1) is 12.2. The highest BCUT2D eigenvalue weighted by Gasteiger charge is 2.23. The van der Waals surface area contributed by atoms with E-state index in [9.17, 15) is 4.79 Å². The van der Waals surface area contributed by atoms with Crippen LogP contribution >= 0.6 is 0 Å². The van der Waals surface area contributed by atoms with Gasteiger partial charge in [-0.2, -0.15) is 0 Å². The summed E-state index contributed by atoms with van der Waals surface area (Å²) in [4.78, 5) is 17.1. The summed E-state index contributed by atoms with van der Waals surface area (Å²) in [7, 11) is 0. The largest absolute Gasteiger partial charge is 0.372 e. The molecular weight excluding hydrogens is 310 g/mol. The molecule has 0 atom stereocenters. The van der Waals surface area contributed by atoms with E-state index in [0.29, 0.717) is 5.92 Å². The molecule has 1 fully saturated rings. The molecule has 4 heteroatoms. The number of benzene rings is 1. The van der Waals surface area contributed by atoms with Gasteiger partial charge in [0, 0.05) is 37.4 Å². The van der Waals surface area contributed by atoms with Crippen molar-refractivity contribution in [2.45, 2.75) is 46.5 Å². The first-order valence-electron chi connectivity index (χ1n) is 10.0. The maximum atomic E-state index is 12.7. The van der Waals surface area contributed by atoms with Gasteiger partial charge in [0.15, 0.2) is 0 Å². The molecule has 1 aliphatic heterocycles. The molecule has 0 spiro atoms. The van der Waals surface area contributed by atoms with Gasteiger partial charge < -0.3 is 15.1 Å². The monoisotopic (exact) mass is 345 g/mol. The van der Waals surface area contributed by atoms with Gasteiger partial charge in [0.05, 0.1) is 0 Å². The molecule has 1 heterocycles. The fraction of sp³-hybridized carbons (Fsp3) is 0.667. The van der Waals surface area contributed by atoms with E-state index >= 15 is 0 Å². The lowest BCUT2D eigenvalue weighted by Crippen LogP contribution is -2.40. The lowest BCUT2D eigenvalue weighted by molar-refractivity contribution is 0.0690. The van der Waals surface area contributed by atoms with Gasteiger partial charge in [0.25, 0.3) is 5.91 Å². The fourth-order valence-corrected chi connectivity index (χ4v) is 3.50. The highest BCUT2D eigenvalue weighted by molar-refractivity contribution is 5.94. The van der Waals surface area contributed by atoms with Crippen LogP contribution in [0.4, 0.5) is 5.69 Å². The number of hydrogen-bond acceptors (Lipinski definition) is 3. The highest BCUT2D eigenvalue weighted by Crippen LogP contribution is 2.21. The molecular formula is C21H35N3O. The van der Waals surface area contributed by atoms with Crippen molar-refractivity contribution in [2.24, 2.45) is 5.92 Å². The van der Waals surface area contributed by atoms with E-state index in [1.807, 2.05) is 17.0 Å². The average Bonchev–Trinajstić information content (AvgIpc) is 2.67. The minimum Gasteiger partial charge on any atom is -0.372 e. The van der Waals surface area contributed by atoms with Gasteiger partial charge in [0.1, 0.15) is 0 Å². The molecule has 1 saturated heterocycles. The average molecular weight is 346 g/mol. The lowest BCUT2D eigenvalue weighted by atomic mass is 9.96. The predicted octanol–water partition coefficient (Wildman–Crippen LogP) is 3.77. The number of hydrogen-bond donors (Lipinski definition) is 1. The minimum absolute atomic E-state index is 0.185. The van der Waals surface area contributed by atoms with Crippen LogP contribution in [0.3, 0.4) is 0 Å². The molecule has 1 aliphatic rings. The molecule has 0 radical (unpaired) electrons.